The molecule has 4 nitrogen and oxygen atoms in total. The van der Waals surface area contributed by atoms with Gasteiger partial charge in [0.15, 0.2) is 11.6 Å². The molecule has 0 spiro atoms. The van der Waals surface area contributed by atoms with E-state index < -0.39 is 11.6 Å². The topological polar surface area (TPSA) is 33.1 Å². The van der Waals surface area contributed by atoms with Gasteiger partial charge in [-0.1, -0.05) is 6.07 Å². The van der Waals surface area contributed by atoms with Crippen molar-refractivity contribution < 1.29 is 8.78 Å². The minimum absolute atomic E-state index is 0.0854. The number of aromatic nitrogens is 2. The van der Waals surface area contributed by atoms with Crippen LogP contribution in [0.5, 0.6) is 0 Å². The quantitative estimate of drug-likeness (QED) is 0.920. The molecule has 0 saturated carbocycles. The zero-order valence-corrected chi connectivity index (χ0v) is 12.7. The molecule has 0 radical (unpaired) electrons. The van der Waals surface area contributed by atoms with E-state index in [2.05, 4.69) is 10.3 Å². The van der Waals surface area contributed by atoms with Crippen LogP contribution in [0, 0.1) is 11.6 Å². The lowest BCUT2D eigenvalue weighted by molar-refractivity contribution is 0.499. The monoisotopic (exact) mass is 294 g/mol. The van der Waals surface area contributed by atoms with Crippen LogP contribution >= 0.6 is 0 Å². The second-order valence-electron chi connectivity index (χ2n) is 5.28. The third kappa shape index (κ3) is 3.39. The van der Waals surface area contributed by atoms with Crippen LogP contribution < -0.4 is 10.2 Å². The molecule has 0 aliphatic rings. The summed E-state index contributed by atoms with van der Waals surface area (Å²) in [6, 6.07) is 3.88. The summed E-state index contributed by atoms with van der Waals surface area (Å²) in [6.07, 6.45) is 1.81. The molecular formula is C15H20F2N4. The van der Waals surface area contributed by atoms with Crippen LogP contribution in [0.4, 0.5) is 14.7 Å². The lowest BCUT2D eigenvalue weighted by Gasteiger charge is -2.16. The van der Waals surface area contributed by atoms with Gasteiger partial charge in [0.05, 0.1) is 11.9 Å². The highest BCUT2D eigenvalue weighted by atomic mass is 19.2. The van der Waals surface area contributed by atoms with Crippen molar-refractivity contribution >= 4 is 5.95 Å². The van der Waals surface area contributed by atoms with Crippen LogP contribution in [0.1, 0.15) is 24.2 Å². The van der Waals surface area contributed by atoms with Gasteiger partial charge in [-0.05, 0) is 24.6 Å². The molecule has 1 unspecified atom stereocenters. The molecule has 6 heteroatoms. The van der Waals surface area contributed by atoms with Crippen LogP contribution in [0.15, 0.2) is 24.4 Å². The number of anilines is 1. The minimum atomic E-state index is -0.826. The van der Waals surface area contributed by atoms with Crippen molar-refractivity contribution in [3.05, 3.63) is 47.3 Å². The van der Waals surface area contributed by atoms with E-state index in [0.29, 0.717) is 12.1 Å². The molecule has 114 valence electrons. The first-order chi connectivity index (χ1) is 9.90. The van der Waals surface area contributed by atoms with E-state index in [1.165, 1.54) is 6.07 Å². The van der Waals surface area contributed by atoms with Crippen molar-refractivity contribution in [3.63, 3.8) is 0 Å². The average Bonchev–Trinajstić information content (AvgIpc) is 2.80. The zero-order valence-electron chi connectivity index (χ0n) is 12.7. The van der Waals surface area contributed by atoms with Gasteiger partial charge < -0.3 is 14.8 Å². The Hall–Kier alpha value is -1.95. The smallest absolute Gasteiger partial charge is 0.204 e. The molecule has 1 aromatic heterocycles. The summed E-state index contributed by atoms with van der Waals surface area (Å²) in [7, 11) is 5.81. The fraction of sp³-hybridized carbons (Fsp3) is 0.400. The maximum absolute atomic E-state index is 13.2. The molecule has 1 aromatic carbocycles. The molecule has 21 heavy (non-hydrogen) atoms. The van der Waals surface area contributed by atoms with Gasteiger partial charge in [0.25, 0.3) is 0 Å². The van der Waals surface area contributed by atoms with Crippen LogP contribution in [0.25, 0.3) is 0 Å². The summed E-state index contributed by atoms with van der Waals surface area (Å²) >= 11 is 0. The van der Waals surface area contributed by atoms with Crippen LogP contribution in [0.2, 0.25) is 0 Å². The van der Waals surface area contributed by atoms with Crippen molar-refractivity contribution in [2.75, 3.05) is 19.0 Å². The van der Waals surface area contributed by atoms with Gasteiger partial charge in [-0.15, -0.1) is 0 Å². The van der Waals surface area contributed by atoms with Crippen molar-refractivity contribution in [3.8, 4) is 0 Å². The van der Waals surface area contributed by atoms with Gasteiger partial charge in [-0.25, -0.2) is 13.8 Å². The predicted molar refractivity (Wildman–Crippen MR) is 79.1 cm³/mol. The van der Waals surface area contributed by atoms with E-state index >= 15 is 0 Å². The highest BCUT2D eigenvalue weighted by Gasteiger charge is 2.11. The zero-order chi connectivity index (χ0) is 15.6. The van der Waals surface area contributed by atoms with Crippen molar-refractivity contribution in [2.45, 2.75) is 19.5 Å². The lowest BCUT2D eigenvalue weighted by Crippen LogP contribution is -2.21. The number of hydrogen-bond donors (Lipinski definition) is 1. The minimum Gasteiger partial charge on any atom is -0.348 e. The Labute approximate surface area is 123 Å². The highest BCUT2D eigenvalue weighted by Crippen LogP contribution is 2.17. The van der Waals surface area contributed by atoms with E-state index in [1.807, 2.05) is 37.5 Å². The summed E-state index contributed by atoms with van der Waals surface area (Å²) in [6.45, 7) is 2.51. The number of halogens is 2. The highest BCUT2D eigenvalue weighted by molar-refractivity contribution is 5.31. The maximum Gasteiger partial charge on any atom is 0.204 e. The van der Waals surface area contributed by atoms with E-state index in [9.17, 15) is 8.78 Å². The standard InChI is InChI=1S/C15H20F2N4/c1-10(11-5-6-13(16)14(17)7-11)18-8-12-9-19-15(20(2)3)21(12)4/h5-7,9-10,18H,8H2,1-4H3. The van der Waals surface area contributed by atoms with Crippen molar-refractivity contribution in [2.24, 2.45) is 7.05 Å². The fourth-order valence-electron chi connectivity index (χ4n) is 2.17. The molecule has 0 bridgehead atoms. The first-order valence-corrected chi connectivity index (χ1v) is 6.76. The maximum atomic E-state index is 13.2. The molecule has 0 aliphatic carbocycles. The summed E-state index contributed by atoms with van der Waals surface area (Å²) in [5, 5.41) is 3.29. The van der Waals surface area contributed by atoms with E-state index in [-0.39, 0.29) is 6.04 Å². The average molecular weight is 294 g/mol. The Balaban J connectivity index is 2.04. The van der Waals surface area contributed by atoms with Gasteiger partial charge in [-0.3, -0.25) is 0 Å². The first kappa shape index (κ1) is 15.4. The molecule has 1 N–H and O–H groups in total. The van der Waals surface area contributed by atoms with Crippen molar-refractivity contribution in [1.82, 2.24) is 14.9 Å². The van der Waals surface area contributed by atoms with Gasteiger partial charge in [0, 0.05) is 33.7 Å². The van der Waals surface area contributed by atoms with Crippen LogP contribution in [-0.4, -0.2) is 23.6 Å². The third-order valence-electron chi connectivity index (χ3n) is 3.49. The third-order valence-corrected chi connectivity index (χ3v) is 3.49. The summed E-state index contributed by atoms with van der Waals surface area (Å²) in [5.41, 5.74) is 1.73. The van der Waals surface area contributed by atoms with Gasteiger partial charge >= 0.3 is 0 Å². The molecular weight excluding hydrogens is 274 g/mol. The molecule has 0 fully saturated rings. The Bertz CT molecular complexity index is 622. The molecule has 0 saturated heterocycles. The molecule has 0 aliphatic heterocycles. The Kier molecular flexibility index (Phi) is 4.57. The molecule has 2 rings (SSSR count). The van der Waals surface area contributed by atoms with E-state index in [0.717, 1.165) is 17.7 Å². The SMILES string of the molecule is CC(NCc1cnc(N(C)C)n1C)c1ccc(F)c(F)c1. The van der Waals surface area contributed by atoms with Gasteiger partial charge in [0.2, 0.25) is 5.95 Å². The van der Waals surface area contributed by atoms with Crippen LogP contribution in [-0.2, 0) is 13.6 Å². The number of rotatable bonds is 5. The first-order valence-electron chi connectivity index (χ1n) is 6.76. The summed E-state index contributed by atoms with van der Waals surface area (Å²) in [4.78, 5) is 6.26. The largest absolute Gasteiger partial charge is 0.348 e. The number of imidazole rings is 1. The molecule has 2 aromatic rings. The molecule has 1 heterocycles. The Morgan fingerprint density at radius 2 is 2.00 bits per heavy atom. The van der Waals surface area contributed by atoms with Crippen molar-refractivity contribution in [1.29, 1.82) is 0 Å². The number of nitrogens with zero attached hydrogens (tertiary/aromatic N) is 3. The Morgan fingerprint density at radius 3 is 2.57 bits per heavy atom. The van der Waals surface area contributed by atoms with E-state index in [4.69, 9.17) is 0 Å². The van der Waals surface area contributed by atoms with Gasteiger partial charge in [-0.2, -0.15) is 0 Å². The lowest BCUT2D eigenvalue weighted by atomic mass is 10.1. The normalized spacial score (nSPS) is 12.5. The number of benzene rings is 1. The van der Waals surface area contributed by atoms with Gasteiger partial charge in [0.1, 0.15) is 0 Å². The predicted octanol–water partition coefficient (Wildman–Crippen LogP) is 2.62. The summed E-state index contributed by atoms with van der Waals surface area (Å²) in [5.74, 6) is -0.780. The fourth-order valence-corrected chi connectivity index (χ4v) is 2.17. The Morgan fingerprint density at radius 1 is 1.29 bits per heavy atom. The summed E-state index contributed by atoms with van der Waals surface area (Å²) < 4.78 is 28.2. The molecule has 1 atom stereocenters. The second-order valence-corrected chi connectivity index (χ2v) is 5.28. The van der Waals surface area contributed by atoms with Crippen LogP contribution in [0.3, 0.4) is 0 Å². The number of nitrogens with one attached hydrogen (secondary N) is 1. The van der Waals surface area contributed by atoms with E-state index in [1.54, 1.807) is 12.3 Å². The second kappa shape index (κ2) is 6.22. The number of hydrogen-bond acceptors (Lipinski definition) is 3. The molecule has 0 amide bonds.